The van der Waals surface area contributed by atoms with Gasteiger partial charge < -0.3 is 19.7 Å². The summed E-state index contributed by atoms with van der Waals surface area (Å²) in [6.07, 6.45) is 1.72. The standard InChI is InChI=1S/C24H24FN3O3/c1-16(18-5-7-19(8-6-18)24(29)30-2)27-23-22-21(11-12-26-23)31-14-13-28(22)15-17-3-9-20(25)10-4-17/h3-12,16H,13-15H2,1-2H3,(H,26,27). The molecule has 1 aromatic heterocycles. The molecule has 1 unspecified atom stereocenters. The monoisotopic (exact) mass is 421 g/mol. The van der Waals surface area contributed by atoms with E-state index in [1.807, 2.05) is 25.1 Å². The van der Waals surface area contributed by atoms with Gasteiger partial charge in [0.15, 0.2) is 5.82 Å². The fraction of sp³-hybridized carbons (Fsp3) is 0.250. The summed E-state index contributed by atoms with van der Waals surface area (Å²) in [5, 5.41) is 3.46. The molecule has 1 aliphatic heterocycles. The molecular formula is C24H24FN3O3. The quantitative estimate of drug-likeness (QED) is 0.588. The summed E-state index contributed by atoms with van der Waals surface area (Å²) in [6.45, 7) is 3.93. The van der Waals surface area contributed by atoms with Crippen molar-refractivity contribution in [2.24, 2.45) is 0 Å². The molecule has 0 amide bonds. The largest absolute Gasteiger partial charge is 0.489 e. The number of nitrogens with one attached hydrogen (secondary N) is 1. The smallest absolute Gasteiger partial charge is 0.337 e. The van der Waals surface area contributed by atoms with Gasteiger partial charge in [0, 0.05) is 18.8 Å². The maximum absolute atomic E-state index is 13.3. The molecule has 3 aromatic rings. The summed E-state index contributed by atoms with van der Waals surface area (Å²) in [4.78, 5) is 18.4. The number of benzene rings is 2. The van der Waals surface area contributed by atoms with Crippen molar-refractivity contribution in [1.82, 2.24) is 4.98 Å². The van der Waals surface area contributed by atoms with E-state index < -0.39 is 0 Å². The zero-order valence-corrected chi connectivity index (χ0v) is 17.5. The molecular weight excluding hydrogens is 397 g/mol. The van der Waals surface area contributed by atoms with E-state index in [1.165, 1.54) is 19.2 Å². The van der Waals surface area contributed by atoms with Gasteiger partial charge in [0.25, 0.3) is 0 Å². The maximum Gasteiger partial charge on any atom is 0.337 e. The van der Waals surface area contributed by atoms with Gasteiger partial charge >= 0.3 is 5.97 Å². The van der Waals surface area contributed by atoms with Gasteiger partial charge in [0.05, 0.1) is 25.3 Å². The van der Waals surface area contributed by atoms with Crippen molar-refractivity contribution in [3.63, 3.8) is 0 Å². The fourth-order valence-electron chi connectivity index (χ4n) is 3.62. The first-order valence-corrected chi connectivity index (χ1v) is 10.1. The van der Waals surface area contributed by atoms with Crippen LogP contribution in [0.4, 0.5) is 15.9 Å². The number of hydrogen-bond donors (Lipinski definition) is 1. The average Bonchev–Trinajstić information content (AvgIpc) is 2.80. The normalized spacial score (nSPS) is 13.7. The summed E-state index contributed by atoms with van der Waals surface area (Å²) in [7, 11) is 1.37. The number of hydrogen-bond acceptors (Lipinski definition) is 6. The lowest BCUT2D eigenvalue weighted by molar-refractivity contribution is 0.0600. The Labute approximate surface area is 180 Å². The number of aromatic nitrogens is 1. The number of carbonyl (C=O) groups is 1. The van der Waals surface area contributed by atoms with Gasteiger partial charge in [0.2, 0.25) is 0 Å². The van der Waals surface area contributed by atoms with Crippen LogP contribution in [0.25, 0.3) is 0 Å². The molecule has 0 aliphatic carbocycles. The van der Waals surface area contributed by atoms with Crippen LogP contribution in [0.15, 0.2) is 60.8 Å². The molecule has 1 aliphatic rings. The highest BCUT2D eigenvalue weighted by molar-refractivity contribution is 5.89. The van der Waals surface area contributed by atoms with Crippen LogP contribution in [-0.4, -0.2) is 31.2 Å². The molecule has 0 radical (unpaired) electrons. The molecule has 1 atom stereocenters. The second-order valence-corrected chi connectivity index (χ2v) is 7.38. The molecule has 2 heterocycles. The number of carbonyl (C=O) groups excluding carboxylic acids is 1. The topological polar surface area (TPSA) is 63.7 Å². The van der Waals surface area contributed by atoms with Gasteiger partial charge in [0.1, 0.15) is 23.9 Å². The Hall–Kier alpha value is -3.61. The molecule has 31 heavy (non-hydrogen) atoms. The molecule has 0 spiro atoms. The summed E-state index contributed by atoms with van der Waals surface area (Å²) in [5.41, 5.74) is 3.41. The molecule has 0 fully saturated rings. The fourth-order valence-corrected chi connectivity index (χ4v) is 3.62. The third kappa shape index (κ3) is 4.60. The lowest BCUT2D eigenvalue weighted by Gasteiger charge is -2.33. The molecule has 0 saturated carbocycles. The van der Waals surface area contributed by atoms with E-state index in [-0.39, 0.29) is 17.8 Å². The number of rotatable bonds is 6. The van der Waals surface area contributed by atoms with Crippen LogP contribution in [0.5, 0.6) is 5.75 Å². The van der Waals surface area contributed by atoms with Crippen LogP contribution in [0.2, 0.25) is 0 Å². The first-order valence-electron chi connectivity index (χ1n) is 10.1. The van der Waals surface area contributed by atoms with Gasteiger partial charge in [-0.25, -0.2) is 14.2 Å². The SMILES string of the molecule is COC(=O)c1ccc(C(C)Nc2nccc3c2N(Cc2ccc(F)cc2)CCO3)cc1. The van der Waals surface area contributed by atoms with E-state index in [0.717, 1.165) is 22.6 Å². The number of esters is 1. The van der Waals surface area contributed by atoms with Gasteiger partial charge in [-0.2, -0.15) is 0 Å². The predicted molar refractivity (Wildman–Crippen MR) is 117 cm³/mol. The Bertz CT molecular complexity index is 1050. The van der Waals surface area contributed by atoms with Gasteiger partial charge in [-0.15, -0.1) is 0 Å². The minimum Gasteiger partial charge on any atom is -0.489 e. The van der Waals surface area contributed by atoms with E-state index >= 15 is 0 Å². The molecule has 160 valence electrons. The molecule has 1 N–H and O–H groups in total. The molecule has 4 rings (SSSR count). The van der Waals surface area contributed by atoms with Crippen LogP contribution in [-0.2, 0) is 11.3 Å². The van der Waals surface area contributed by atoms with E-state index in [0.29, 0.717) is 31.1 Å². The van der Waals surface area contributed by atoms with Crippen LogP contribution in [0.3, 0.4) is 0 Å². The minimum absolute atomic E-state index is 0.0553. The zero-order valence-electron chi connectivity index (χ0n) is 17.5. The molecule has 0 bridgehead atoms. The highest BCUT2D eigenvalue weighted by Crippen LogP contribution is 2.39. The first-order chi connectivity index (χ1) is 15.0. The summed E-state index contributed by atoms with van der Waals surface area (Å²) < 4.78 is 23.9. The van der Waals surface area contributed by atoms with Crippen molar-refractivity contribution in [2.45, 2.75) is 19.5 Å². The van der Waals surface area contributed by atoms with Crippen molar-refractivity contribution >= 4 is 17.5 Å². The zero-order chi connectivity index (χ0) is 21.8. The number of methoxy groups -OCH3 is 1. The van der Waals surface area contributed by atoms with E-state index in [9.17, 15) is 9.18 Å². The van der Waals surface area contributed by atoms with Crippen molar-refractivity contribution < 1.29 is 18.7 Å². The van der Waals surface area contributed by atoms with E-state index in [2.05, 4.69) is 15.2 Å². The van der Waals surface area contributed by atoms with Crippen molar-refractivity contribution in [2.75, 3.05) is 30.5 Å². The number of ether oxygens (including phenoxy) is 2. The highest BCUT2D eigenvalue weighted by Gasteiger charge is 2.24. The Morgan fingerprint density at radius 3 is 2.65 bits per heavy atom. The van der Waals surface area contributed by atoms with Crippen molar-refractivity contribution in [3.05, 3.63) is 83.3 Å². The summed E-state index contributed by atoms with van der Waals surface area (Å²) >= 11 is 0. The van der Waals surface area contributed by atoms with E-state index in [4.69, 9.17) is 9.47 Å². The van der Waals surface area contributed by atoms with Crippen molar-refractivity contribution in [1.29, 1.82) is 0 Å². The number of halogens is 1. The van der Waals surface area contributed by atoms with Crippen LogP contribution in [0, 0.1) is 5.82 Å². The number of fused-ring (bicyclic) bond motifs is 1. The average molecular weight is 421 g/mol. The third-order valence-electron chi connectivity index (χ3n) is 5.29. The summed E-state index contributed by atoms with van der Waals surface area (Å²) in [6, 6.07) is 15.6. The first kappa shape index (κ1) is 20.7. The maximum atomic E-state index is 13.3. The Balaban J connectivity index is 1.56. The van der Waals surface area contributed by atoms with Gasteiger partial charge in [-0.05, 0) is 42.3 Å². The molecule has 6 nitrogen and oxygen atoms in total. The van der Waals surface area contributed by atoms with Gasteiger partial charge in [-0.1, -0.05) is 24.3 Å². The predicted octanol–water partition coefficient (Wildman–Crippen LogP) is 4.58. The second kappa shape index (κ2) is 9.04. The van der Waals surface area contributed by atoms with Gasteiger partial charge in [-0.3, -0.25) is 0 Å². The lowest BCUT2D eigenvalue weighted by atomic mass is 10.1. The van der Waals surface area contributed by atoms with E-state index in [1.54, 1.807) is 30.5 Å². The van der Waals surface area contributed by atoms with Crippen LogP contribution in [0.1, 0.15) is 34.5 Å². The molecule has 0 saturated heterocycles. The van der Waals surface area contributed by atoms with Crippen LogP contribution >= 0.6 is 0 Å². The third-order valence-corrected chi connectivity index (χ3v) is 5.29. The Kier molecular flexibility index (Phi) is 6.02. The lowest BCUT2D eigenvalue weighted by Crippen LogP contribution is -2.33. The highest BCUT2D eigenvalue weighted by atomic mass is 19.1. The Morgan fingerprint density at radius 1 is 1.19 bits per heavy atom. The summed E-state index contributed by atoms with van der Waals surface area (Å²) in [5.74, 6) is 0.865. The van der Waals surface area contributed by atoms with Crippen LogP contribution < -0.4 is 15.0 Å². The number of pyridine rings is 1. The molecule has 2 aromatic carbocycles. The molecule has 7 heteroatoms. The number of anilines is 2. The second-order valence-electron chi connectivity index (χ2n) is 7.38. The van der Waals surface area contributed by atoms with Crippen molar-refractivity contribution in [3.8, 4) is 5.75 Å². The number of nitrogens with zero attached hydrogens (tertiary/aromatic N) is 2. The Morgan fingerprint density at radius 2 is 1.94 bits per heavy atom. The minimum atomic E-state index is -0.362.